The number of furan rings is 1. The molecule has 6 nitrogen and oxygen atoms in total. The van der Waals surface area contributed by atoms with E-state index in [2.05, 4.69) is 10.3 Å². The van der Waals surface area contributed by atoms with E-state index in [0.717, 1.165) is 31.7 Å². The molecule has 1 aromatic rings. The number of likely N-dealkylation sites (tertiary alicyclic amines) is 1. The van der Waals surface area contributed by atoms with Gasteiger partial charge in [-0.3, -0.25) is 15.1 Å². The van der Waals surface area contributed by atoms with Crippen LogP contribution >= 0.6 is 0 Å². The number of hydrazine groups is 1. The van der Waals surface area contributed by atoms with E-state index in [-0.39, 0.29) is 12.5 Å². The Labute approximate surface area is 106 Å². The maximum absolute atomic E-state index is 11.3. The molecule has 1 aromatic heterocycles. The van der Waals surface area contributed by atoms with Crippen molar-refractivity contribution in [2.75, 3.05) is 19.7 Å². The summed E-state index contributed by atoms with van der Waals surface area (Å²) in [6, 6.07) is 1.71. The van der Waals surface area contributed by atoms with Crippen molar-refractivity contribution in [2.45, 2.75) is 19.4 Å². The standard InChI is InChI=1S/C12H19N3O3/c13-14-12(17)10-5-11(18-8-10)7-15-3-1-9(6-15)2-4-16/h5,8-9,16H,1-4,6-7,13H2,(H,14,17). The monoisotopic (exact) mass is 253 g/mol. The third-order valence-corrected chi connectivity index (χ3v) is 3.33. The van der Waals surface area contributed by atoms with E-state index in [9.17, 15) is 4.79 Å². The molecule has 6 heteroatoms. The second-order valence-corrected chi connectivity index (χ2v) is 4.68. The molecule has 4 N–H and O–H groups in total. The maximum atomic E-state index is 11.3. The number of aliphatic hydroxyl groups is 1. The molecule has 0 saturated carbocycles. The van der Waals surface area contributed by atoms with Gasteiger partial charge in [-0.05, 0) is 31.4 Å². The average Bonchev–Trinajstić information content (AvgIpc) is 2.99. The van der Waals surface area contributed by atoms with Crippen LogP contribution in [0.25, 0.3) is 0 Å². The number of nitrogen functional groups attached to an aromatic ring is 1. The normalized spacial score (nSPS) is 20.2. The lowest BCUT2D eigenvalue weighted by Crippen LogP contribution is -2.29. The van der Waals surface area contributed by atoms with Crippen LogP contribution in [0, 0.1) is 5.92 Å². The quantitative estimate of drug-likeness (QED) is 0.393. The number of nitrogens with two attached hydrogens (primary N) is 1. The number of amides is 1. The predicted octanol–water partition coefficient (Wildman–Crippen LogP) is 0.0874. The fraction of sp³-hybridized carbons (Fsp3) is 0.583. The van der Waals surface area contributed by atoms with Gasteiger partial charge in [0.15, 0.2) is 0 Å². The van der Waals surface area contributed by atoms with E-state index >= 15 is 0 Å². The number of carbonyl (C=O) groups is 1. The lowest BCUT2D eigenvalue weighted by Gasteiger charge is -2.13. The first-order valence-electron chi connectivity index (χ1n) is 6.14. The first-order valence-corrected chi connectivity index (χ1v) is 6.14. The molecule has 1 aliphatic heterocycles. The first-order chi connectivity index (χ1) is 8.72. The highest BCUT2D eigenvalue weighted by Gasteiger charge is 2.23. The van der Waals surface area contributed by atoms with Gasteiger partial charge in [-0.25, -0.2) is 5.84 Å². The molecule has 1 unspecified atom stereocenters. The van der Waals surface area contributed by atoms with Crippen molar-refractivity contribution >= 4 is 5.91 Å². The molecule has 1 aliphatic rings. The minimum atomic E-state index is -0.343. The molecule has 2 heterocycles. The van der Waals surface area contributed by atoms with Crippen molar-refractivity contribution in [1.82, 2.24) is 10.3 Å². The minimum absolute atomic E-state index is 0.250. The predicted molar refractivity (Wildman–Crippen MR) is 65.4 cm³/mol. The van der Waals surface area contributed by atoms with Crippen LogP contribution in [0.2, 0.25) is 0 Å². The van der Waals surface area contributed by atoms with Crippen molar-refractivity contribution in [3.63, 3.8) is 0 Å². The van der Waals surface area contributed by atoms with Crippen LogP contribution in [0.1, 0.15) is 29.0 Å². The Morgan fingerprint density at radius 3 is 3.22 bits per heavy atom. The summed E-state index contributed by atoms with van der Waals surface area (Å²) in [5.41, 5.74) is 2.51. The van der Waals surface area contributed by atoms with Gasteiger partial charge in [-0.2, -0.15) is 0 Å². The Bertz CT molecular complexity index is 405. The first kappa shape index (κ1) is 13.1. The number of carbonyl (C=O) groups excluding carboxylic acids is 1. The zero-order valence-corrected chi connectivity index (χ0v) is 10.3. The Hall–Kier alpha value is -1.37. The van der Waals surface area contributed by atoms with Crippen LogP contribution < -0.4 is 11.3 Å². The van der Waals surface area contributed by atoms with Crippen molar-refractivity contribution in [3.8, 4) is 0 Å². The zero-order chi connectivity index (χ0) is 13.0. The van der Waals surface area contributed by atoms with Crippen molar-refractivity contribution in [2.24, 2.45) is 11.8 Å². The SMILES string of the molecule is NNC(=O)c1coc(CN2CCC(CCO)C2)c1. The largest absolute Gasteiger partial charge is 0.467 e. The van der Waals surface area contributed by atoms with E-state index < -0.39 is 0 Å². The Kier molecular flexibility index (Phi) is 4.35. The number of nitrogens with zero attached hydrogens (tertiary/aromatic N) is 1. The van der Waals surface area contributed by atoms with Gasteiger partial charge in [0.25, 0.3) is 5.91 Å². The number of rotatable bonds is 5. The Morgan fingerprint density at radius 1 is 1.67 bits per heavy atom. The molecule has 0 radical (unpaired) electrons. The van der Waals surface area contributed by atoms with Crippen molar-refractivity contribution in [1.29, 1.82) is 0 Å². The minimum Gasteiger partial charge on any atom is -0.467 e. The molecule has 1 fully saturated rings. The fourth-order valence-corrected chi connectivity index (χ4v) is 2.36. The van der Waals surface area contributed by atoms with Crippen LogP contribution in [0.15, 0.2) is 16.7 Å². The molecular formula is C12H19N3O3. The van der Waals surface area contributed by atoms with Crippen molar-refractivity contribution < 1.29 is 14.3 Å². The van der Waals surface area contributed by atoms with Gasteiger partial charge in [-0.15, -0.1) is 0 Å². The van der Waals surface area contributed by atoms with E-state index in [0.29, 0.717) is 18.0 Å². The van der Waals surface area contributed by atoms with Crippen LogP contribution in [0.4, 0.5) is 0 Å². The molecule has 2 rings (SSSR count). The van der Waals surface area contributed by atoms with Gasteiger partial charge >= 0.3 is 0 Å². The van der Waals surface area contributed by atoms with Crippen molar-refractivity contribution in [3.05, 3.63) is 23.7 Å². The molecule has 100 valence electrons. The second kappa shape index (κ2) is 5.99. The van der Waals surface area contributed by atoms with Crippen LogP contribution in [0.3, 0.4) is 0 Å². The molecule has 0 aliphatic carbocycles. The van der Waals surface area contributed by atoms with E-state index in [1.807, 2.05) is 0 Å². The highest BCUT2D eigenvalue weighted by molar-refractivity contribution is 5.93. The third kappa shape index (κ3) is 3.10. The molecule has 1 saturated heterocycles. The maximum Gasteiger partial charge on any atom is 0.268 e. The summed E-state index contributed by atoms with van der Waals surface area (Å²) >= 11 is 0. The summed E-state index contributed by atoms with van der Waals surface area (Å²) in [4.78, 5) is 13.5. The van der Waals surface area contributed by atoms with Gasteiger partial charge in [0, 0.05) is 13.2 Å². The van der Waals surface area contributed by atoms with E-state index in [1.165, 1.54) is 6.26 Å². The number of hydrogen-bond acceptors (Lipinski definition) is 5. The highest BCUT2D eigenvalue weighted by atomic mass is 16.3. The third-order valence-electron chi connectivity index (χ3n) is 3.33. The number of aliphatic hydroxyl groups excluding tert-OH is 1. The topological polar surface area (TPSA) is 91.7 Å². The van der Waals surface area contributed by atoms with E-state index in [4.69, 9.17) is 15.4 Å². The Morgan fingerprint density at radius 2 is 2.50 bits per heavy atom. The number of nitrogens with one attached hydrogen (secondary N) is 1. The zero-order valence-electron chi connectivity index (χ0n) is 10.3. The fourth-order valence-electron chi connectivity index (χ4n) is 2.36. The summed E-state index contributed by atoms with van der Waals surface area (Å²) < 4.78 is 5.34. The Balaban J connectivity index is 1.87. The van der Waals surface area contributed by atoms with Gasteiger partial charge < -0.3 is 9.52 Å². The molecule has 1 atom stereocenters. The van der Waals surface area contributed by atoms with Crippen LogP contribution in [-0.2, 0) is 6.54 Å². The second-order valence-electron chi connectivity index (χ2n) is 4.68. The van der Waals surface area contributed by atoms with Crippen LogP contribution in [0.5, 0.6) is 0 Å². The summed E-state index contributed by atoms with van der Waals surface area (Å²) in [6.45, 7) is 2.92. The van der Waals surface area contributed by atoms with Crippen LogP contribution in [-0.4, -0.2) is 35.6 Å². The van der Waals surface area contributed by atoms with Gasteiger partial charge in [0.1, 0.15) is 12.0 Å². The summed E-state index contributed by atoms with van der Waals surface area (Å²) in [6.07, 6.45) is 3.38. The molecule has 18 heavy (non-hydrogen) atoms. The molecular weight excluding hydrogens is 234 g/mol. The average molecular weight is 253 g/mol. The summed E-state index contributed by atoms with van der Waals surface area (Å²) in [5, 5.41) is 8.90. The summed E-state index contributed by atoms with van der Waals surface area (Å²) in [7, 11) is 0. The lowest BCUT2D eigenvalue weighted by molar-refractivity contribution is 0.0953. The smallest absolute Gasteiger partial charge is 0.268 e. The molecule has 0 aromatic carbocycles. The lowest BCUT2D eigenvalue weighted by atomic mass is 10.1. The highest BCUT2D eigenvalue weighted by Crippen LogP contribution is 2.21. The van der Waals surface area contributed by atoms with Gasteiger partial charge in [0.2, 0.25) is 0 Å². The molecule has 0 spiro atoms. The van der Waals surface area contributed by atoms with E-state index in [1.54, 1.807) is 6.07 Å². The summed E-state index contributed by atoms with van der Waals surface area (Å²) in [5.74, 6) is 6.04. The van der Waals surface area contributed by atoms with Gasteiger partial charge in [0.05, 0.1) is 12.1 Å². The van der Waals surface area contributed by atoms with Gasteiger partial charge in [-0.1, -0.05) is 0 Å². The molecule has 1 amide bonds. The number of hydrogen-bond donors (Lipinski definition) is 3. The molecule has 0 bridgehead atoms.